The summed E-state index contributed by atoms with van der Waals surface area (Å²) in [5.74, 6) is -1.31. The van der Waals surface area contributed by atoms with E-state index in [4.69, 9.17) is 0 Å². The van der Waals surface area contributed by atoms with Crippen molar-refractivity contribution in [2.45, 2.75) is 44.9 Å². The fourth-order valence-electron chi connectivity index (χ4n) is 2.39. The van der Waals surface area contributed by atoms with Crippen molar-refractivity contribution in [1.82, 2.24) is 0 Å². The first-order valence-electron chi connectivity index (χ1n) is 6.21. The van der Waals surface area contributed by atoms with E-state index >= 15 is 0 Å². The number of hydrogen-bond donors (Lipinski definition) is 1. The molecule has 0 heterocycles. The maximum Gasteiger partial charge on any atom is 0.311 e. The van der Waals surface area contributed by atoms with E-state index in [1.54, 1.807) is 0 Å². The molecule has 3 nitrogen and oxygen atoms in total. The lowest BCUT2D eigenvalue weighted by Crippen LogP contribution is -2.23. The van der Waals surface area contributed by atoms with Crippen LogP contribution in [0.3, 0.4) is 0 Å². The number of fused-ring (bicyclic) bond motifs is 1. The predicted octanol–water partition coefficient (Wildman–Crippen LogP) is 3.13. The maximum atomic E-state index is 11.9. The first-order chi connectivity index (χ1) is 8.30. The largest absolute Gasteiger partial charge is 0.481 e. The number of hydrogen-bond acceptors (Lipinski definition) is 2. The lowest BCUT2D eigenvalue weighted by Gasteiger charge is -2.25. The van der Waals surface area contributed by atoms with Crippen molar-refractivity contribution in [1.29, 1.82) is 0 Å². The molecule has 0 saturated carbocycles. The highest BCUT2D eigenvalue weighted by molar-refractivity contribution is 6.01. The number of carboxylic acids is 1. The Morgan fingerprint density at radius 2 is 2.00 bits per heavy atom. The molecule has 1 aromatic rings. The molecule has 1 aliphatic rings. The highest BCUT2D eigenvalue weighted by Crippen LogP contribution is 2.34. The summed E-state index contributed by atoms with van der Waals surface area (Å²) in [5, 5.41) is 9.19. The van der Waals surface area contributed by atoms with E-state index in [2.05, 4.69) is 20.8 Å². The normalized spacial score (nSPS) is 19.5. The Hall–Kier alpha value is -1.64. The quantitative estimate of drug-likeness (QED) is 0.828. The van der Waals surface area contributed by atoms with Crippen LogP contribution < -0.4 is 0 Å². The Bertz CT molecular complexity index is 509. The Morgan fingerprint density at radius 1 is 1.33 bits per heavy atom. The molecule has 0 bridgehead atoms. The molecule has 0 aliphatic heterocycles. The van der Waals surface area contributed by atoms with E-state index in [-0.39, 0.29) is 11.2 Å². The van der Waals surface area contributed by atoms with Crippen LogP contribution >= 0.6 is 0 Å². The maximum absolute atomic E-state index is 11.9. The van der Waals surface area contributed by atoms with E-state index in [1.165, 1.54) is 0 Å². The zero-order chi connectivity index (χ0) is 13.5. The Morgan fingerprint density at radius 3 is 2.56 bits per heavy atom. The van der Waals surface area contributed by atoms with Gasteiger partial charge in [0.05, 0.1) is 5.92 Å². The first kappa shape index (κ1) is 12.8. The standard InChI is InChI=1S/C15H18O3/c1-15(2,3)9-4-5-10-11(14(17)18)6-7-13(16)12(10)8-9/h4-5,8,11H,6-7H2,1-3H3,(H,17,18). The third-order valence-corrected chi connectivity index (χ3v) is 3.55. The van der Waals surface area contributed by atoms with Gasteiger partial charge in [-0.3, -0.25) is 9.59 Å². The van der Waals surface area contributed by atoms with Gasteiger partial charge in [0.1, 0.15) is 0 Å². The smallest absolute Gasteiger partial charge is 0.311 e. The lowest BCUT2D eigenvalue weighted by molar-refractivity contribution is -0.139. The summed E-state index contributed by atoms with van der Waals surface area (Å²) in [7, 11) is 0. The van der Waals surface area contributed by atoms with Crippen molar-refractivity contribution < 1.29 is 14.7 Å². The summed E-state index contributed by atoms with van der Waals surface area (Å²) in [6.45, 7) is 6.24. The van der Waals surface area contributed by atoms with Crippen LogP contribution in [0.5, 0.6) is 0 Å². The van der Waals surface area contributed by atoms with E-state index < -0.39 is 11.9 Å². The zero-order valence-electron chi connectivity index (χ0n) is 11.0. The highest BCUT2D eigenvalue weighted by Gasteiger charge is 2.31. The van der Waals surface area contributed by atoms with Crippen LogP contribution in [0, 0.1) is 0 Å². The Kier molecular flexibility index (Phi) is 3.01. The number of carbonyl (C=O) groups excluding carboxylic acids is 1. The van der Waals surface area contributed by atoms with Crippen LogP contribution in [0.15, 0.2) is 18.2 Å². The van der Waals surface area contributed by atoms with Crippen LogP contribution in [-0.4, -0.2) is 16.9 Å². The van der Waals surface area contributed by atoms with Crippen LogP contribution in [0.1, 0.15) is 61.0 Å². The number of carbonyl (C=O) groups is 2. The summed E-state index contributed by atoms with van der Waals surface area (Å²) in [5.41, 5.74) is 2.30. The van der Waals surface area contributed by atoms with Crippen LogP contribution in [0.4, 0.5) is 0 Å². The minimum Gasteiger partial charge on any atom is -0.481 e. The molecule has 0 fully saturated rings. The van der Waals surface area contributed by atoms with E-state index in [1.807, 2.05) is 18.2 Å². The number of benzene rings is 1. The summed E-state index contributed by atoms with van der Waals surface area (Å²) in [4.78, 5) is 23.1. The molecule has 1 unspecified atom stereocenters. The molecule has 1 N–H and O–H groups in total. The van der Waals surface area contributed by atoms with Gasteiger partial charge >= 0.3 is 5.97 Å². The average Bonchev–Trinajstić information content (AvgIpc) is 2.27. The molecule has 0 aromatic heterocycles. The molecule has 96 valence electrons. The van der Waals surface area contributed by atoms with Gasteiger partial charge in [0, 0.05) is 12.0 Å². The molecule has 1 aromatic carbocycles. The second kappa shape index (κ2) is 4.23. The first-order valence-corrected chi connectivity index (χ1v) is 6.21. The SMILES string of the molecule is CC(C)(C)c1ccc2c(c1)C(=O)CCC2C(=O)O. The van der Waals surface area contributed by atoms with Gasteiger partial charge in [-0.15, -0.1) is 0 Å². The van der Waals surface area contributed by atoms with Crippen molar-refractivity contribution in [2.24, 2.45) is 0 Å². The van der Waals surface area contributed by atoms with Gasteiger partial charge in [-0.25, -0.2) is 0 Å². The number of aliphatic carboxylic acids is 1. The molecular formula is C15H18O3. The minimum absolute atomic E-state index is 0.0362. The van der Waals surface area contributed by atoms with E-state index in [0.29, 0.717) is 24.0 Å². The van der Waals surface area contributed by atoms with Gasteiger partial charge in [0.2, 0.25) is 0 Å². The average molecular weight is 246 g/mol. The topological polar surface area (TPSA) is 54.4 Å². The van der Waals surface area contributed by atoms with Gasteiger partial charge in [-0.1, -0.05) is 32.9 Å². The summed E-state index contributed by atoms with van der Waals surface area (Å²) >= 11 is 0. The highest BCUT2D eigenvalue weighted by atomic mass is 16.4. The van der Waals surface area contributed by atoms with Crippen molar-refractivity contribution in [2.75, 3.05) is 0 Å². The molecule has 3 heteroatoms. The molecule has 2 rings (SSSR count). The summed E-state index contributed by atoms with van der Waals surface area (Å²) < 4.78 is 0. The van der Waals surface area contributed by atoms with Gasteiger partial charge in [0.25, 0.3) is 0 Å². The van der Waals surface area contributed by atoms with Gasteiger partial charge in [-0.2, -0.15) is 0 Å². The number of rotatable bonds is 1. The molecule has 18 heavy (non-hydrogen) atoms. The summed E-state index contributed by atoms with van der Waals surface area (Å²) in [6.07, 6.45) is 0.744. The molecule has 0 saturated heterocycles. The van der Waals surface area contributed by atoms with Crippen LogP contribution in [-0.2, 0) is 10.2 Å². The van der Waals surface area contributed by atoms with Gasteiger partial charge in [0.15, 0.2) is 5.78 Å². The second-order valence-electron chi connectivity index (χ2n) is 5.90. The predicted molar refractivity (Wildman–Crippen MR) is 69.1 cm³/mol. The number of Topliss-reactive ketones (excluding diaryl/α,β-unsaturated/α-hetero) is 1. The molecule has 1 aliphatic carbocycles. The second-order valence-corrected chi connectivity index (χ2v) is 5.90. The third kappa shape index (κ3) is 2.17. The molecule has 1 atom stereocenters. The Labute approximate surface area is 107 Å². The van der Waals surface area contributed by atoms with Crippen molar-refractivity contribution in [3.05, 3.63) is 34.9 Å². The van der Waals surface area contributed by atoms with E-state index in [0.717, 1.165) is 5.56 Å². The lowest BCUT2D eigenvalue weighted by atomic mass is 9.78. The molecule has 0 radical (unpaired) electrons. The fourth-order valence-corrected chi connectivity index (χ4v) is 2.39. The van der Waals surface area contributed by atoms with Crippen LogP contribution in [0.25, 0.3) is 0 Å². The van der Waals surface area contributed by atoms with Crippen molar-refractivity contribution in [3.8, 4) is 0 Å². The number of carboxylic acid groups (broad SMARTS) is 1. The third-order valence-electron chi connectivity index (χ3n) is 3.55. The molecule has 0 amide bonds. The van der Waals surface area contributed by atoms with Gasteiger partial charge < -0.3 is 5.11 Å². The molecule has 0 spiro atoms. The zero-order valence-corrected chi connectivity index (χ0v) is 11.0. The van der Waals surface area contributed by atoms with Crippen LogP contribution in [0.2, 0.25) is 0 Å². The fraction of sp³-hybridized carbons (Fsp3) is 0.467. The Balaban J connectivity index is 2.54. The summed E-state index contributed by atoms with van der Waals surface area (Å²) in [6, 6.07) is 5.62. The minimum atomic E-state index is -0.841. The van der Waals surface area contributed by atoms with Gasteiger partial charge in [-0.05, 0) is 29.0 Å². The number of ketones is 1. The monoisotopic (exact) mass is 246 g/mol. The van der Waals surface area contributed by atoms with Crippen molar-refractivity contribution >= 4 is 11.8 Å². The van der Waals surface area contributed by atoms with E-state index in [9.17, 15) is 14.7 Å². The van der Waals surface area contributed by atoms with Crippen molar-refractivity contribution in [3.63, 3.8) is 0 Å². The molecular weight excluding hydrogens is 228 g/mol.